The number of furan rings is 1. The molecular formula is C26H22Cl2F2N4O3. The second kappa shape index (κ2) is 10.2. The quantitative estimate of drug-likeness (QED) is 0.231. The lowest BCUT2D eigenvalue weighted by Gasteiger charge is -2.33. The topological polar surface area (TPSA) is 93.6 Å². The average Bonchev–Trinajstić information content (AvgIpc) is 3.34. The van der Waals surface area contributed by atoms with Gasteiger partial charge in [0.25, 0.3) is 0 Å². The number of hydrogen-bond donors (Lipinski definition) is 2. The van der Waals surface area contributed by atoms with E-state index in [1.807, 2.05) is 24.3 Å². The maximum atomic E-state index is 14.1. The molecular weight excluding hydrogens is 525 g/mol. The van der Waals surface area contributed by atoms with E-state index in [4.69, 9.17) is 38.1 Å². The molecule has 1 unspecified atom stereocenters. The highest BCUT2D eigenvalue weighted by Gasteiger charge is 2.26. The summed E-state index contributed by atoms with van der Waals surface area (Å²) in [6, 6.07) is 8.38. The standard InChI is InChI=1S/C26H22Cl2F2N4O3/c1-13(21-22(27)18(29)8-19(30)23(21)28)37-25-24-16(9-33-26(25)31)17(11-36-24)14-2-4-15(5-3-14)20-10-32-6-7-34(20)12-35/h2-5,8-9,11-13,20,32H,6-7,10H2,1H3,(H2,31,33)/t13-,20?/m1/s1. The number of ether oxygens (including phenoxy) is 1. The summed E-state index contributed by atoms with van der Waals surface area (Å²) >= 11 is 12.1. The normalized spacial score (nSPS) is 16.7. The molecule has 2 aromatic heterocycles. The van der Waals surface area contributed by atoms with E-state index in [-0.39, 0.29) is 33.2 Å². The molecule has 0 saturated carbocycles. The van der Waals surface area contributed by atoms with Crippen molar-refractivity contribution < 1.29 is 22.7 Å². The highest BCUT2D eigenvalue weighted by atomic mass is 35.5. The van der Waals surface area contributed by atoms with Gasteiger partial charge in [-0.3, -0.25) is 4.79 Å². The second-order valence-electron chi connectivity index (χ2n) is 8.69. The van der Waals surface area contributed by atoms with E-state index in [1.165, 1.54) is 6.92 Å². The highest BCUT2D eigenvalue weighted by Crippen LogP contribution is 2.42. The Labute approximate surface area is 221 Å². The Bertz CT molecular complexity index is 1450. The van der Waals surface area contributed by atoms with Crippen molar-refractivity contribution in [2.24, 2.45) is 0 Å². The fourth-order valence-corrected chi connectivity index (χ4v) is 5.20. The van der Waals surface area contributed by atoms with Gasteiger partial charge in [0.05, 0.1) is 27.7 Å². The fourth-order valence-electron chi connectivity index (χ4n) is 4.54. The third kappa shape index (κ3) is 4.58. The van der Waals surface area contributed by atoms with Crippen LogP contribution in [0, 0.1) is 11.6 Å². The van der Waals surface area contributed by atoms with Crippen molar-refractivity contribution in [1.82, 2.24) is 15.2 Å². The molecule has 0 radical (unpaired) electrons. The van der Waals surface area contributed by atoms with Crippen molar-refractivity contribution in [1.29, 1.82) is 0 Å². The van der Waals surface area contributed by atoms with Crippen molar-refractivity contribution in [3.63, 3.8) is 0 Å². The minimum atomic E-state index is -0.974. The first-order valence-electron chi connectivity index (χ1n) is 11.5. The van der Waals surface area contributed by atoms with Crippen LogP contribution in [0.15, 0.2) is 47.2 Å². The van der Waals surface area contributed by atoms with Crippen LogP contribution >= 0.6 is 23.2 Å². The van der Waals surface area contributed by atoms with Crippen molar-refractivity contribution in [2.75, 3.05) is 25.4 Å². The van der Waals surface area contributed by atoms with Crippen molar-refractivity contribution >= 4 is 46.4 Å². The first kappa shape index (κ1) is 25.3. The van der Waals surface area contributed by atoms with E-state index >= 15 is 0 Å². The van der Waals surface area contributed by atoms with Crippen molar-refractivity contribution in [3.8, 4) is 16.9 Å². The van der Waals surface area contributed by atoms with Gasteiger partial charge in [-0.1, -0.05) is 47.5 Å². The maximum Gasteiger partial charge on any atom is 0.210 e. The van der Waals surface area contributed by atoms with E-state index in [9.17, 15) is 13.6 Å². The molecule has 1 saturated heterocycles. The Balaban J connectivity index is 1.48. The molecule has 37 heavy (non-hydrogen) atoms. The molecule has 7 nitrogen and oxygen atoms in total. The third-order valence-corrected chi connectivity index (χ3v) is 7.24. The van der Waals surface area contributed by atoms with Crippen LogP contribution in [0.4, 0.5) is 14.6 Å². The van der Waals surface area contributed by atoms with E-state index in [0.29, 0.717) is 30.1 Å². The van der Waals surface area contributed by atoms with Gasteiger partial charge in [-0.05, 0) is 18.1 Å². The molecule has 1 amide bonds. The molecule has 3 heterocycles. The number of nitrogens with two attached hydrogens (primary N) is 1. The van der Waals surface area contributed by atoms with Gasteiger partial charge in [0.2, 0.25) is 12.2 Å². The Kier molecular flexibility index (Phi) is 6.94. The summed E-state index contributed by atoms with van der Waals surface area (Å²) < 4.78 is 39.9. The molecule has 4 aromatic rings. The summed E-state index contributed by atoms with van der Waals surface area (Å²) in [5, 5.41) is 3.24. The van der Waals surface area contributed by atoms with Crippen molar-refractivity contribution in [3.05, 3.63) is 75.6 Å². The molecule has 2 atom stereocenters. The SMILES string of the molecule is C[C@@H](Oc1c(N)ncc2c(-c3ccc(C4CNCCN4C=O)cc3)coc12)c1c(Cl)c(F)cc(F)c1Cl. The number of anilines is 1. The summed E-state index contributed by atoms with van der Waals surface area (Å²) in [6.07, 6.45) is 3.02. The lowest BCUT2D eigenvalue weighted by atomic mass is 9.99. The van der Waals surface area contributed by atoms with Gasteiger partial charge in [0.1, 0.15) is 17.7 Å². The minimum Gasteiger partial charge on any atom is -0.478 e. The van der Waals surface area contributed by atoms with E-state index < -0.39 is 17.7 Å². The molecule has 1 fully saturated rings. The molecule has 11 heteroatoms. The Morgan fingerprint density at radius 3 is 2.62 bits per heavy atom. The van der Waals surface area contributed by atoms with Crippen LogP contribution < -0.4 is 15.8 Å². The molecule has 2 aromatic carbocycles. The number of piperazine rings is 1. The van der Waals surface area contributed by atoms with E-state index in [2.05, 4.69) is 10.3 Å². The van der Waals surface area contributed by atoms with Crippen molar-refractivity contribution in [2.45, 2.75) is 19.1 Å². The number of carbonyl (C=O) groups excluding carboxylic acids is 1. The fraction of sp³-hybridized carbons (Fsp3) is 0.231. The number of rotatable bonds is 6. The number of halogens is 4. The van der Waals surface area contributed by atoms with Gasteiger partial charge in [-0.15, -0.1) is 0 Å². The number of fused-ring (bicyclic) bond motifs is 1. The molecule has 0 bridgehead atoms. The van der Waals surface area contributed by atoms with E-state index in [1.54, 1.807) is 17.4 Å². The van der Waals surface area contributed by atoms with Crippen LogP contribution in [-0.2, 0) is 4.79 Å². The Morgan fingerprint density at radius 1 is 1.24 bits per heavy atom. The number of nitrogens with zero attached hydrogens (tertiary/aromatic N) is 2. The predicted molar refractivity (Wildman–Crippen MR) is 138 cm³/mol. The molecule has 0 spiro atoms. The lowest BCUT2D eigenvalue weighted by molar-refractivity contribution is -0.121. The summed E-state index contributed by atoms with van der Waals surface area (Å²) in [7, 11) is 0. The van der Waals surface area contributed by atoms with Gasteiger partial charge >= 0.3 is 0 Å². The van der Waals surface area contributed by atoms with Crippen LogP contribution in [0.25, 0.3) is 22.1 Å². The number of pyridine rings is 1. The number of amides is 1. The molecule has 5 rings (SSSR count). The lowest BCUT2D eigenvalue weighted by Crippen LogP contribution is -2.45. The average molecular weight is 547 g/mol. The summed E-state index contributed by atoms with van der Waals surface area (Å²) in [5.41, 5.74) is 8.94. The number of carbonyl (C=O) groups is 1. The zero-order valence-electron chi connectivity index (χ0n) is 19.6. The smallest absolute Gasteiger partial charge is 0.210 e. The van der Waals surface area contributed by atoms with Crippen LogP contribution in [0.1, 0.15) is 30.2 Å². The number of nitrogen functional groups attached to an aromatic ring is 1. The monoisotopic (exact) mass is 546 g/mol. The molecule has 3 N–H and O–H groups in total. The van der Waals surface area contributed by atoms with Crippen LogP contribution in [0.2, 0.25) is 10.0 Å². The molecule has 1 aliphatic rings. The zero-order chi connectivity index (χ0) is 26.3. The Morgan fingerprint density at radius 2 is 1.95 bits per heavy atom. The number of benzene rings is 2. The maximum absolute atomic E-state index is 14.1. The van der Waals surface area contributed by atoms with Gasteiger partial charge in [0.15, 0.2) is 11.4 Å². The third-order valence-electron chi connectivity index (χ3n) is 6.47. The van der Waals surface area contributed by atoms with Gasteiger partial charge in [-0.25, -0.2) is 13.8 Å². The van der Waals surface area contributed by atoms with Crippen LogP contribution in [0.5, 0.6) is 5.75 Å². The first-order chi connectivity index (χ1) is 17.8. The first-order valence-corrected chi connectivity index (χ1v) is 12.2. The highest BCUT2D eigenvalue weighted by molar-refractivity contribution is 6.36. The zero-order valence-corrected chi connectivity index (χ0v) is 21.1. The molecule has 0 aliphatic carbocycles. The number of hydrogen-bond acceptors (Lipinski definition) is 6. The van der Waals surface area contributed by atoms with Gasteiger partial charge in [-0.2, -0.15) is 0 Å². The number of aromatic nitrogens is 1. The Hall–Kier alpha value is -3.40. The minimum absolute atomic E-state index is 0.0264. The summed E-state index contributed by atoms with van der Waals surface area (Å²) in [4.78, 5) is 17.5. The summed E-state index contributed by atoms with van der Waals surface area (Å²) in [6.45, 7) is 3.63. The number of nitrogens with one attached hydrogen (secondary N) is 1. The largest absolute Gasteiger partial charge is 0.478 e. The predicted octanol–water partition coefficient (Wildman–Crippen LogP) is 5.90. The molecule has 1 aliphatic heterocycles. The van der Waals surface area contributed by atoms with Gasteiger partial charge in [0, 0.05) is 43.0 Å². The van der Waals surface area contributed by atoms with Crippen LogP contribution in [-0.4, -0.2) is 35.9 Å². The molecule has 192 valence electrons. The van der Waals surface area contributed by atoms with Crippen LogP contribution in [0.3, 0.4) is 0 Å². The second-order valence-corrected chi connectivity index (χ2v) is 9.45. The summed E-state index contributed by atoms with van der Waals surface area (Å²) in [5.74, 6) is -1.79. The van der Waals surface area contributed by atoms with Gasteiger partial charge < -0.3 is 25.1 Å². The van der Waals surface area contributed by atoms with E-state index in [0.717, 1.165) is 29.6 Å².